The molecule has 0 N–H and O–H groups in total. The van der Waals surface area contributed by atoms with E-state index in [0.717, 1.165) is 18.2 Å². The topological polar surface area (TPSA) is 8.81 Å². The Hall–Kier alpha value is -1.71. The van der Waals surface area contributed by atoms with Crippen LogP contribution in [0.15, 0.2) is 73.1 Å². The Morgan fingerprint density at radius 3 is 1.94 bits per heavy atom. The van der Waals surface area contributed by atoms with Gasteiger partial charge in [0.25, 0.3) is 5.82 Å². The van der Waals surface area contributed by atoms with Crippen molar-refractivity contribution in [2.75, 3.05) is 0 Å². The molecule has 0 amide bonds. The molecule has 0 radical (unpaired) electrons. The summed E-state index contributed by atoms with van der Waals surface area (Å²) in [5, 5.41) is 0. The third-order valence-corrected chi connectivity index (χ3v) is 7.10. The van der Waals surface area contributed by atoms with Crippen LogP contribution in [0, 0.1) is 0 Å². The average Bonchev–Trinajstić information content (AvgIpc) is 3.24. The van der Waals surface area contributed by atoms with E-state index in [9.17, 15) is 0 Å². The van der Waals surface area contributed by atoms with Gasteiger partial charge < -0.3 is 12.4 Å². The predicted molar refractivity (Wildman–Crippen MR) is 140 cm³/mol. The maximum atomic E-state index is 2.46. The number of hydrogen-bond acceptors (Lipinski definition) is 1. The number of hydrogen-bond donors (Lipinski definition) is 0. The largest absolute Gasteiger partial charge is 1.00 e. The number of thioether (sulfide) groups is 1. The van der Waals surface area contributed by atoms with Crippen molar-refractivity contribution in [1.29, 1.82) is 0 Å². The monoisotopic (exact) mass is 484 g/mol. The second-order valence-electron chi connectivity index (χ2n) is 8.80. The van der Waals surface area contributed by atoms with Gasteiger partial charge in [0.05, 0.1) is 12.1 Å². The van der Waals surface area contributed by atoms with Gasteiger partial charge in [0, 0.05) is 5.75 Å². The summed E-state index contributed by atoms with van der Waals surface area (Å²) >= 11 is 1.98. The molecule has 180 valence electrons. The quantitative estimate of drug-likeness (QED) is 0.199. The van der Waals surface area contributed by atoms with Crippen molar-refractivity contribution in [3.05, 3.63) is 78.6 Å². The summed E-state index contributed by atoms with van der Waals surface area (Å²) < 4.78 is 4.88. The van der Waals surface area contributed by atoms with Gasteiger partial charge in [0.15, 0.2) is 0 Å². The number of rotatable bonds is 16. The Bertz CT molecular complexity index is 864. The summed E-state index contributed by atoms with van der Waals surface area (Å²) in [6.45, 7) is 3.40. The summed E-state index contributed by atoms with van der Waals surface area (Å²) in [7, 11) is 0. The maximum absolute atomic E-state index is 2.46. The molecule has 0 saturated heterocycles. The van der Waals surface area contributed by atoms with E-state index in [1.165, 1.54) is 81.2 Å². The van der Waals surface area contributed by atoms with Gasteiger partial charge in [-0.25, -0.2) is 9.13 Å². The molecule has 0 fully saturated rings. The summed E-state index contributed by atoms with van der Waals surface area (Å²) in [5.41, 5.74) is 2.70. The van der Waals surface area contributed by atoms with E-state index in [0.29, 0.717) is 0 Å². The molecule has 3 rings (SSSR count). The molecule has 0 bridgehead atoms. The van der Waals surface area contributed by atoms with Gasteiger partial charge in [-0.05, 0) is 30.5 Å². The lowest BCUT2D eigenvalue weighted by Gasteiger charge is -2.06. The highest BCUT2D eigenvalue weighted by Crippen LogP contribution is 2.19. The minimum atomic E-state index is 0. The molecule has 0 aliphatic carbocycles. The van der Waals surface area contributed by atoms with E-state index in [2.05, 4.69) is 89.1 Å². The van der Waals surface area contributed by atoms with Crippen molar-refractivity contribution in [1.82, 2.24) is 4.57 Å². The number of benzene rings is 2. The molecule has 0 saturated carbocycles. The number of nitrogens with zero attached hydrogens (tertiary/aromatic N) is 2. The van der Waals surface area contributed by atoms with Crippen LogP contribution in [0.4, 0.5) is 0 Å². The van der Waals surface area contributed by atoms with Crippen molar-refractivity contribution < 1.29 is 17.0 Å². The zero-order valence-corrected chi connectivity index (χ0v) is 21.9. The van der Waals surface area contributed by atoms with Gasteiger partial charge in [0.2, 0.25) is 0 Å². The molecule has 0 spiro atoms. The van der Waals surface area contributed by atoms with Crippen molar-refractivity contribution in [2.24, 2.45) is 0 Å². The fourth-order valence-corrected chi connectivity index (χ4v) is 5.20. The zero-order valence-electron chi connectivity index (χ0n) is 20.3. The smallest absolute Gasteiger partial charge is 0.289 e. The molecule has 0 aliphatic heterocycles. The second kappa shape index (κ2) is 16.8. The van der Waals surface area contributed by atoms with Crippen molar-refractivity contribution in [3.63, 3.8) is 0 Å². The third-order valence-electron chi connectivity index (χ3n) is 6.10. The van der Waals surface area contributed by atoms with Crippen LogP contribution < -0.4 is 17.0 Å². The Kier molecular flexibility index (Phi) is 14.0. The van der Waals surface area contributed by atoms with Gasteiger partial charge in [-0.3, -0.25) is 0 Å². The van der Waals surface area contributed by atoms with E-state index in [-0.39, 0.29) is 12.4 Å². The number of unbranched alkanes of at least 4 members (excludes halogenated alkanes) is 9. The van der Waals surface area contributed by atoms with Crippen LogP contribution in [0.3, 0.4) is 0 Å². The summed E-state index contributed by atoms with van der Waals surface area (Å²) in [4.78, 5) is 0. The molecule has 2 aromatic carbocycles. The Morgan fingerprint density at radius 1 is 0.727 bits per heavy atom. The standard InChI is InChI=1S/C29H41N2S.ClH/c1-2-3-4-5-6-7-8-9-10-17-22-30-23-24-31(29(30)28-20-15-12-16-21-28)26-32-25-27-18-13-11-14-19-27;/h11-16,18-21,23-24H,2-10,17,22,25-26H2,1H3;1H/q+1;/p-1. The van der Waals surface area contributed by atoms with Crippen LogP contribution in [-0.4, -0.2) is 4.57 Å². The van der Waals surface area contributed by atoms with Gasteiger partial charge >= 0.3 is 0 Å². The number of aryl methyl sites for hydroxylation is 1. The Balaban J connectivity index is 0.00000385. The molecular formula is C29H41ClN2S. The van der Waals surface area contributed by atoms with Gasteiger partial charge in [-0.1, -0.05) is 107 Å². The number of imidazole rings is 1. The van der Waals surface area contributed by atoms with Crippen LogP contribution in [0.5, 0.6) is 0 Å². The first kappa shape index (κ1) is 27.5. The van der Waals surface area contributed by atoms with Gasteiger partial charge in [0.1, 0.15) is 18.3 Å². The molecule has 0 atom stereocenters. The van der Waals surface area contributed by atoms with E-state index in [1.807, 2.05) is 11.8 Å². The van der Waals surface area contributed by atoms with E-state index < -0.39 is 0 Å². The maximum Gasteiger partial charge on any atom is 0.289 e. The lowest BCUT2D eigenvalue weighted by molar-refractivity contribution is -0.664. The highest BCUT2D eigenvalue weighted by molar-refractivity contribution is 7.97. The van der Waals surface area contributed by atoms with E-state index >= 15 is 0 Å². The second-order valence-corrected chi connectivity index (χ2v) is 9.75. The summed E-state index contributed by atoms with van der Waals surface area (Å²) in [6.07, 6.45) is 18.4. The molecule has 2 nitrogen and oxygen atoms in total. The lowest BCUT2D eigenvalue weighted by Crippen LogP contribution is -3.00. The van der Waals surface area contributed by atoms with Crippen molar-refractivity contribution in [3.8, 4) is 11.4 Å². The van der Waals surface area contributed by atoms with Crippen LogP contribution in [-0.2, 0) is 18.2 Å². The van der Waals surface area contributed by atoms with Crippen molar-refractivity contribution in [2.45, 2.75) is 89.3 Å². The average molecular weight is 485 g/mol. The molecule has 1 aromatic heterocycles. The first-order chi connectivity index (χ1) is 15.9. The highest BCUT2D eigenvalue weighted by atomic mass is 35.5. The minimum Gasteiger partial charge on any atom is -1.00 e. The van der Waals surface area contributed by atoms with E-state index in [1.54, 1.807) is 0 Å². The van der Waals surface area contributed by atoms with E-state index in [4.69, 9.17) is 0 Å². The number of halogens is 1. The SMILES string of the molecule is CCCCCCCCCCCCn1cc[n+](CSCc2ccccc2)c1-c1ccccc1.[Cl-]. The normalized spacial score (nSPS) is 10.8. The first-order valence-corrected chi connectivity index (χ1v) is 13.8. The first-order valence-electron chi connectivity index (χ1n) is 12.6. The summed E-state index contributed by atoms with van der Waals surface area (Å²) in [5.74, 6) is 3.36. The summed E-state index contributed by atoms with van der Waals surface area (Å²) in [6, 6.07) is 21.6. The molecule has 4 heteroatoms. The Labute approximate surface area is 212 Å². The molecule has 33 heavy (non-hydrogen) atoms. The highest BCUT2D eigenvalue weighted by Gasteiger charge is 2.19. The molecule has 3 aromatic rings. The predicted octanol–water partition coefficient (Wildman–Crippen LogP) is 5.26. The minimum absolute atomic E-state index is 0. The van der Waals surface area contributed by atoms with Gasteiger partial charge in [-0.2, -0.15) is 0 Å². The molecule has 0 aliphatic rings. The van der Waals surface area contributed by atoms with Crippen molar-refractivity contribution >= 4 is 11.8 Å². The Morgan fingerprint density at radius 2 is 1.30 bits per heavy atom. The number of aromatic nitrogens is 2. The third kappa shape index (κ3) is 9.98. The van der Waals surface area contributed by atoms with Crippen LogP contribution in [0.1, 0.15) is 76.7 Å². The molecule has 1 heterocycles. The van der Waals surface area contributed by atoms with Gasteiger partial charge in [-0.15, -0.1) is 11.8 Å². The molecular weight excluding hydrogens is 444 g/mol. The fraction of sp³-hybridized carbons (Fsp3) is 0.483. The van der Waals surface area contributed by atoms with Crippen LogP contribution >= 0.6 is 11.8 Å². The molecule has 0 unspecified atom stereocenters. The zero-order chi connectivity index (χ0) is 22.3. The fourth-order valence-electron chi connectivity index (χ4n) is 4.28. The lowest BCUT2D eigenvalue weighted by atomic mass is 10.1. The van der Waals surface area contributed by atoms with Crippen LogP contribution in [0.25, 0.3) is 11.4 Å². The van der Waals surface area contributed by atoms with Crippen LogP contribution in [0.2, 0.25) is 0 Å².